The van der Waals surface area contributed by atoms with Crippen molar-refractivity contribution in [3.63, 3.8) is 0 Å². The number of benzene rings is 1. The van der Waals surface area contributed by atoms with Crippen molar-refractivity contribution in [2.24, 2.45) is 0 Å². The lowest BCUT2D eigenvalue weighted by Gasteiger charge is -2.36. The summed E-state index contributed by atoms with van der Waals surface area (Å²) >= 11 is 0. The van der Waals surface area contributed by atoms with Crippen molar-refractivity contribution < 1.29 is 14.4 Å². The Morgan fingerprint density at radius 2 is 1.59 bits per heavy atom. The molecule has 1 aromatic carbocycles. The number of dihydropyridines is 1. The van der Waals surface area contributed by atoms with E-state index in [1.54, 1.807) is 36.7 Å². The minimum atomic E-state index is -0.616. The Bertz CT molecular complexity index is 1080. The number of allylic oxidation sites excluding steroid dienone is 4. The van der Waals surface area contributed by atoms with Crippen LogP contribution in [0, 0.1) is 0 Å². The van der Waals surface area contributed by atoms with E-state index in [2.05, 4.69) is 15.3 Å². The van der Waals surface area contributed by atoms with Crippen LogP contribution in [0.15, 0.2) is 65.5 Å². The van der Waals surface area contributed by atoms with Gasteiger partial charge in [0.2, 0.25) is 5.78 Å². The molecule has 1 atom stereocenters. The first-order chi connectivity index (χ1) is 13.2. The Labute approximate surface area is 155 Å². The highest BCUT2D eigenvalue weighted by atomic mass is 16.1. The van der Waals surface area contributed by atoms with E-state index in [0.717, 1.165) is 12.1 Å². The zero-order valence-corrected chi connectivity index (χ0v) is 14.4. The van der Waals surface area contributed by atoms with Crippen LogP contribution in [0.2, 0.25) is 0 Å². The number of rotatable bonds is 1. The lowest BCUT2D eigenvalue weighted by Crippen LogP contribution is -2.40. The average molecular weight is 357 g/mol. The molecule has 132 valence electrons. The van der Waals surface area contributed by atoms with E-state index in [-0.39, 0.29) is 23.0 Å². The first-order valence-electron chi connectivity index (χ1n) is 8.87. The molecule has 1 aromatic heterocycles. The predicted molar refractivity (Wildman–Crippen MR) is 95.9 cm³/mol. The van der Waals surface area contributed by atoms with Gasteiger partial charge in [-0.25, -0.2) is 9.97 Å². The normalized spacial score (nSPS) is 21.5. The number of fused-ring (bicyclic) bond motifs is 1. The van der Waals surface area contributed by atoms with Crippen molar-refractivity contribution in [3.05, 3.63) is 82.2 Å². The lowest BCUT2D eigenvalue weighted by molar-refractivity contribution is -0.116. The monoisotopic (exact) mass is 357 g/mol. The number of nitrogens with one attached hydrogen (secondary N) is 1. The van der Waals surface area contributed by atoms with E-state index >= 15 is 0 Å². The molecule has 0 saturated heterocycles. The summed E-state index contributed by atoms with van der Waals surface area (Å²) < 4.78 is 0. The van der Waals surface area contributed by atoms with Crippen molar-refractivity contribution in [2.75, 3.05) is 0 Å². The largest absolute Gasteiger partial charge is 0.355 e. The smallest absolute Gasteiger partial charge is 0.210 e. The Hall–Kier alpha value is -3.41. The molecule has 0 saturated carbocycles. The second-order valence-electron chi connectivity index (χ2n) is 6.89. The first-order valence-corrected chi connectivity index (χ1v) is 8.87. The van der Waals surface area contributed by atoms with Gasteiger partial charge in [-0.1, -0.05) is 24.3 Å². The molecule has 1 N–H and O–H groups in total. The molecule has 2 aromatic rings. The highest BCUT2D eigenvalue weighted by Gasteiger charge is 2.44. The summed E-state index contributed by atoms with van der Waals surface area (Å²) in [7, 11) is 0. The fraction of sp³-hybridized carbons (Fsp3) is 0.190. The van der Waals surface area contributed by atoms with E-state index in [1.165, 1.54) is 6.33 Å². The molecule has 0 spiro atoms. The van der Waals surface area contributed by atoms with E-state index in [4.69, 9.17) is 0 Å². The van der Waals surface area contributed by atoms with Gasteiger partial charge in [0.15, 0.2) is 11.6 Å². The van der Waals surface area contributed by atoms with Gasteiger partial charge in [-0.15, -0.1) is 0 Å². The van der Waals surface area contributed by atoms with Crippen LogP contribution in [0.5, 0.6) is 0 Å². The number of carbonyl (C=O) groups excluding carboxylic acids is 3. The fourth-order valence-corrected chi connectivity index (χ4v) is 4.21. The van der Waals surface area contributed by atoms with Crippen LogP contribution in [-0.4, -0.2) is 27.3 Å². The Balaban J connectivity index is 1.77. The van der Waals surface area contributed by atoms with Crippen LogP contribution in [0.1, 0.15) is 51.5 Å². The highest BCUT2D eigenvalue weighted by molar-refractivity contribution is 6.28. The summed E-state index contributed by atoms with van der Waals surface area (Å²) in [4.78, 5) is 47.3. The molecule has 6 nitrogen and oxygen atoms in total. The number of ketones is 3. The van der Waals surface area contributed by atoms with Gasteiger partial charge in [0, 0.05) is 58.3 Å². The zero-order valence-electron chi connectivity index (χ0n) is 14.4. The molecule has 1 unspecified atom stereocenters. The minimum absolute atomic E-state index is 0.00302. The number of hydrogen-bond donors (Lipinski definition) is 1. The summed E-state index contributed by atoms with van der Waals surface area (Å²) in [6.07, 6.45) is 6.46. The van der Waals surface area contributed by atoms with Crippen LogP contribution >= 0.6 is 0 Å². The average Bonchev–Trinajstić information content (AvgIpc) is 2.71. The third kappa shape index (κ3) is 2.23. The van der Waals surface area contributed by atoms with E-state index in [1.807, 2.05) is 0 Å². The molecule has 5 rings (SSSR count). The van der Waals surface area contributed by atoms with Gasteiger partial charge in [0.1, 0.15) is 6.33 Å². The number of nitrogens with zero attached hydrogens (tertiary/aromatic N) is 2. The van der Waals surface area contributed by atoms with Gasteiger partial charge < -0.3 is 5.32 Å². The third-order valence-electron chi connectivity index (χ3n) is 5.38. The summed E-state index contributed by atoms with van der Waals surface area (Å²) in [5.41, 5.74) is 3.31. The molecule has 0 radical (unpaired) electrons. The van der Waals surface area contributed by atoms with Crippen LogP contribution in [0.25, 0.3) is 0 Å². The molecule has 3 aliphatic rings. The van der Waals surface area contributed by atoms with Crippen molar-refractivity contribution in [1.29, 1.82) is 0 Å². The fourth-order valence-electron chi connectivity index (χ4n) is 4.21. The van der Waals surface area contributed by atoms with E-state index < -0.39 is 5.92 Å². The lowest BCUT2D eigenvalue weighted by atomic mass is 9.71. The second-order valence-corrected chi connectivity index (χ2v) is 6.89. The third-order valence-corrected chi connectivity index (χ3v) is 5.38. The Morgan fingerprint density at radius 3 is 2.33 bits per heavy atom. The van der Waals surface area contributed by atoms with Gasteiger partial charge >= 0.3 is 0 Å². The molecular weight excluding hydrogens is 342 g/mol. The van der Waals surface area contributed by atoms with Gasteiger partial charge in [-0.3, -0.25) is 14.4 Å². The molecule has 6 heteroatoms. The maximum atomic E-state index is 13.3. The van der Waals surface area contributed by atoms with Gasteiger partial charge in [-0.2, -0.15) is 0 Å². The van der Waals surface area contributed by atoms with Crippen molar-refractivity contribution in [1.82, 2.24) is 15.3 Å². The minimum Gasteiger partial charge on any atom is -0.355 e. The summed E-state index contributed by atoms with van der Waals surface area (Å²) in [6, 6.07) is 6.81. The first kappa shape index (κ1) is 15.8. The number of aromatic nitrogens is 2. The molecule has 0 fully saturated rings. The van der Waals surface area contributed by atoms with Crippen LogP contribution in [-0.2, 0) is 4.79 Å². The zero-order chi connectivity index (χ0) is 18.5. The Morgan fingerprint density at radius 1 is 0.889 bits per heavy atom. The number of hydrogen-bond acceptors (Lipinski definition) is 6. The summed E-state index contributed by atoms with van der Waals surface area (Å²) in [5, 5.41) is 3.14. The van der Waals surface area contributed by atoms with Crippen LogP contribution < -0.4 is 5.32 Å². The van der Waals surface area contributed by atoms with Crippen molar-refractivity contribution in [3.8, 4) is 0 Å². The number of carbonyl (C=O) groups is 3. The molecule has 0 bridgehead atoms. The standard InChI is InChI=1S/C21H15N3O3/c25-15-7-3-6-14-17(15)16(11-8-22-10-23-9-11)18-19(24-14)21(27)13-5-2-1-4-12(13)20(18)26/h1-2,4-5,8-10,16,24H,3,6-7H2. The molecule has 1 aliphatic heterocycles. The van der Waals surface area contributed by atoms with Gasteiger partial charge in [-0.05, 0) is 12.8 Å². The highest BCUT2D eigenvalue weighted by Crippen LogP contribution is 2.45. The maximum absolute atomic E-state index is 13.3. The molecular formula is C21H15N3O3. The Kier molecular flexibility index (Phi) is 3.40. The van der Waals surface area contributed by atoms with E-state index in [9.17, 15) is 14.4 Å². The van der Waals surface area contributed by atoms with Gasteiger partial charge in [0.25, 0.3) is 0 Å². The maximum Gasteiger partial charge on any atom is 0.210 e. The van der Waals surface area contributed by atoms with E-state index in [0.29, 0.717) is 40.7 Å². The summed E-state index contributed by atoms with van der Waals surface area (Å²) in [6.45, 7) is 0. The van der Waals surface area contributed by atoms with Crippen LogP contribution in [0.4, 0.5) is 0 Å². The van der Waals surface area contributed by atoms with Crippen molar-refractivity contribution >= 4 is 17.3 Å². The van der Waals surface area contributed by atoms with Crippen molar-refractivity contribution in [2.45, 2.75) is 25.2 Å². The number of Topliss-reactive ketones (excluding diaryl/α,β-unsaturated/α-hetero) is 3. The quantitative estimate of drug-likeness (QED) is 0.843. The summed E-state index contributed by atoms with van der Waals surface area (Å²) in [5.74, 6) is -1.06. The van der Waals surface area contributed by atoms with Gasteiger partial charge in [0.05, 0.1) is 5.70 Å². The molecule has 0 amide bonds. The SMILES string of the molecule is O=C1CCCC2=C1C(c1cncnc1)C1=C(N2)C(=O)c2ccccc2C1=O. The predicted octanol–water partition coefficient (Wildman–Crippen LogP) is 2.50. The topological polar surface area (TPSA) is 89.0 Å². The van der Waals surface area contributed by atoms with Crippen LogP contribution in [0.3, 0.4) is 0 Å². The molecule has 2 aliphatic carbocycles. The molecule has 2 heterocycles. The molecule has 27 heavy (non-hydrogen) atoms. The second kappa shape index (κ2) is 5.81.